The summed E-state index contributed by atoms with van der Waals surface area (Å²) in [5.74, 6) is 0.695. The number of aromatic nitrogens is 3. The Labute approximate surface area is 198 Å². The molecule has 3 aromatic rings. The summed E-state index contributed by atoms with van der Waals surface area (Å²) in [5, 5.41) is 11.3. The normalized spacial score (nSPS) is 14.4. The third-order valence-corrected chi connectivity index (χ3v) is 6.32. The molecule has 2 aromatic heterocycles. The van der Waals surface area contributed by atoms with Crippen LogP contribution in [0.3, 0.4) is 0 Å². The minimum absolute atomic E-state index is 0.0104. The van der Waals surface area contributed by atoms with E-state index in [1.54, 1.807) is 18.2 Å². The smallest absolute Gasteiger partial charge is 0.416 e. The number of anilines is 1. The van der Waals surface area contributed by atoms with Crippen molar-refractivity contribution in [1.82, 2.24) is 20.1 Å². The number of furan rings is 1. The monoisotopic (exact) mass is 495 g/mol. The fourth-order valence-electron chi connectivity index (χ4n) is 3.64. The van der Waals surface area contributed by atoms with E-state index in [9.17, 15) is 18.0 Å². The van der Waals surface area contributed by atoms with Crippen LogP contribution in [0.4, 0.5) is 18.9 Å². The number of alkyl halides is 3. The lowest BCUT2D eigenvalue weighted by Gasteiger charge is -2.29. The Morgan fingerprint density at radius 1 is 1.21 bits per heavy atom. The summed E-state index contributed by atoms with van der Waals surface area (Å²) in [4.78, 5) is 14.2. The maximum Gasteiger partial charge on any atom is 0.416 e. The molecule has 0 bridgehead atoms. The molecule has 0 atom stereocenters. The van der Waals surface area contributed by atoms with Crippen molar-refractivity contribution in [1.29, 1.82) is 0 Å². The highest BCUT2D eigenvalue weighted by Crippen LogP contribution is 2.35. The average Bonchev–Trinajstić information content (AvgIpc) is 3.50. The fraction of sp³-hybridized carbons (Fsp3) is 0.409. The molecule has 0 spiro atoms. The van der Waals surface area contributed by atoms with Crippen molar-refractivity contribution < 1.29 is 27.1 Å². The fourth-order valence-corrected chi connectivity index (χ4v) is 4.48. The summed E-state index contributed by atoms with van der Waals surface area (Å²) < 4.78 is 53.6. The van der Waals surface area contributed by atoms with Crippen molar-refractivity contribution in [3.63, 3.8) is 0 Å². The Bertz CT molecular complexity index is 1110. The highest BCUT2D eigenvalue weighted by Gasteiger charge is 2.34. The van der Waals surface area contributed by atoms with Gasteiger partial charge >= 0.3 is 6.18 Å². The second-order valence-corrected chi connectivity index (χ2v) is 8.47. The number of carbonyl (C=O) groups excluding carboxylic acids is 1. The van der Waals surface area contributed by atoms with E-state index >= 15 is 0 Å². The number of hydrogen-bond acceptors (Lipinski definition) is 7. The molecule has 1 N–H and O–H groups in total. The third-order valence-electron chi connectivity index (χ3n) is 5.36. The molecule has 1 saturated heterocycles. The number of carbonyl (C=O) groups is 1. The Morgan fingerprint density at radius 3 is 2.68 bits per heavy atom. The van der Waals surface area contributed by atoms with E-state index in [0.29, 0.717) is 55.3 Å². The zero-order valence-corrected chi connectivity index (χ0v) is 19.3. The number of rotatable bonds is 8. The molecule has 3 heterocycles. The minimum Gasteiger partial charge on any atom is -0.461 e. The van der Waals surface area contributed by atoms with Crippen molar-refractivity contribution in [2.24, 2.45) is 0 Å². The zero-order valence-electron chi connectivity index (χ0n) is 18.5. The van der Waals surface area contributed by atoms with Gasteiger partial charge in [-0.05, 0) is 36.8 Å². The molecule has 0 aliphatic carbocycles. The summed E-state index contributed by atoms with van der Waals surface area (Å²) in [6, 6.07) is 7.72. The zero-order chi connectivity index (χ0) is 24.1. The van der Waals surface area contributed by atoms with Crippen molar-refractivity contribution in [3.8, 4) is 11.6 Å². The second-order valence-electron chi connectivity index (χ2n) is 7.53. The Hall–Kier alpha value is -2.99. The van der Waals surface area contributed by atoms with Crippen LogP contribution >= 0.6 is 11.8 Å². The van der Waals surface area contributed by atoms with Crippen LogP contribution in [-0.2, 0) is 28.8 Å². The lowest BCUT2D eigenvalue weighted by Crippen LogP contribution is -2.36. The molecule has 1 fully saturated rings. The molecule has 0 radical (unpaired) electrons. The Balaban J connectivity index is 1.39. The quantitative estimate of drug-likeness (QED) is 0.476. The number of ether oxygens (including phenoxy) is 1. The number of thioether (sulfide) groups is 1. The van der Waals surface area contributed by atoms with E-state index in [1.807, 2.05) is 16.4 Å². The molecule has 4 rings (SSSR count). The maximum absolute atomic E-state index is 13.7. The lowest BCUT2D eigenvalue weighted by molar-refractivity contribution is -0.138. The van der Waals surface area contributed by atoms with E-state index < -0.39 is 17.6 Å². The van der Waals surface area contributed by atoms with Gasteiger partial charge < -0.3 is 19.4 Å². The average molecular weight is 496 g/mol. The van der Waals surface area contributed by atoms with Gasteiger partial charge in [0.05, 0.1) is 30.8 Å². The van der Waals surface area contributed by atoms with Gasteiger partial charge in [-0.1, -0.05) is 17.8 Å². The molecule has 182 valence electrons. The number of benzene rings is 1. The van der Waals surface area contributed by atoms with Crippen LogP contribution in [0, 0.1) is 0 Å². The minimum atomic E-state index is -4.53. The van der Waals surface area contributed by atoms with E-state index in [4.69, 9.17) is 9.15 Å². The maximum atomic E-state index is 13.7. The number of amides is 1. The molecule has 1 aliphatic rings. The molecule has 1 aliphatic heterocycles. The molecule has 1 aromatic carbocycles. The molecule has 1 amide bonds. The molecule has 0 unspecified atom stereocenters. The number of morpholine rings is 1. The predicted molar refractivity (Wildman–Crippen MR) is 120 cm³/mol. The highest BCUT2D eigenvalue weighted by molar-refractivity contribution is 7.99. The lowest BCUT2D eigenvalue weighted by atomic mass is 10.0. The Morgan fingerprint density at radius 2 is 2.00 bits per heavy atom. The first kappa shape index (κ1) is 24.1. The van der Waals surface area contributed by atoms with Crippen molar-refractivity contribution in [2.45, 2.75) is 31.3 Å². The summed E-state index contributed by atoms with van der Waals surface area (Å²) in [6.07, 6.45) is -3.00. The molecule has 0 saturated carbocycles. The van der Waals surface area contributed by atoms with Gasteiger partial charge in [-0.2, -0.15) is 13.2 Å². The molecule has 34 heavy (non-hydrogen) atoms. The first-order valence-corrected chi connectivity index (χ1v) is 11.7. The van der Waals surface area contributed by atoms with Crippen LogP contribution in [0.2, 0.25) is 0 Å². The van der Waals surface area contributed by atoms with Crippen LogP contribution in [-0.4, -0.2) is 52.7 Å². The van der Waals surface area contributed by atoms with Crippen LogP contribution < -0.4 is 10.2 Å². The molecule has 8 nitrogen and oxygen atoms in total. The number of nitrogens with one attached hydrogen (secondary N) is 1. The third kappa shape index (κ3) is 5.55. The summed E-state index contributed by atoms with van der Waals surface area (Å²) >= 11 is 1.16. The standard InChI is InChI=1S/C22H24F3N5O3S/c1-2-30-20(18-4-3-9-33-18)27-28-21(30)34-14-19(31)26-13-15-5-6-16(12-17(15)22(23,24)25)29-7-10-32-11-8-29/h3-6,9,12H,2,7-8,10-11,13-14H2,1H3,(H,26,31). The van der Waals surface area contributed by atoms with Crippen molar-refractivity contribution >= 4 is 23.4 Å². The van der Waals surface area contributed by atoms with E-state index in [-0.39, 0.29) is 17.9 Å². The Kier molecular flexibility index (Phi) is 7.47. The molecular formula is C22H24F3N5O3S. The van der Waals surface area contributed by atoms with Gasteiger partial charge in [0.2, 0.25) is 5.91 Å². The largest absolute Gasteiger partial charge is 0.461 e. The van der Waals surface area contributed by atoms with Gasteiger partial charge in [0.1, 0.15) is 0 Å². The number of halogens is 3. The van der Waals surface area contributed by atoms with Gasteiger partial charge in [0.15, 0.2) is 16.7 Å². The first-order valence-electron chi connectivity index (χ1n) is 10.8. The van der Waals surface area contributed by atoms with Gasteiger partial charge in [0, 0.05) is 31.9 Å². The van der Waals surface area contributed by atoms with E-state index in [0.717, 1.165) is 17.8 Å². The first-order chi connectivity index (χ1) is 16.4. The molecular weight excluding hydrogens is 471 g/mol. The SMILES string of the molecule is CCn1c(SCC(=O)NCc2ccc(N3CCOCC3)cc2C(F)(F)F)nnc1-c1ccco1. The van der Waals surface area contributed by atoms with Crippen LogP contribution in [0.25, 0.3) is 11.6 Å². The van der Waals surface area contributed by atoms with Crippen LogP contribution in [0.15, 0.2) is 46.2 Å². The topological polar surface area (TPSA) is 85.4 Å². The summed E-state index contributed by atoms with van der Waals surface area (Å²) in [6.45, 7) is 4.28. The summed E-state index contributed by atoms with van der Waals surface area (Å²) in [7, 11) is 0. The van der Waals surface area contributed by atoms with Crippen LogP contribution in [0.1, 0.15) is 18.1 Å². The van der Waals surface area contributed by atoms with E-state index in [1.165, 1.54) is 12.3 Å². The number of nitrogens with zero attached hydrogens (tertiary/aromatic N) is 4. The van der Waals surface area contributed by atoms with Crippen molar-refractivity contribution in [2.75, 3.05) is 37.0 Å². The van der Waals surface area contributed by atoms with Gasteiger partial charge in [-0.15, -0.1) is 10.2 Å². The van der Waals surface area contributed by atoms with Crippen molar-refractivity contribution in [3.05, 3.63) is 47.7 Å². The van der Waals surface area contributed by atoms with Gasteiger partial charge in [0.25, 0.3) is 0 Å². The van der Waals surface area contributed by atoms with Gasteiger partial charge in [-0.3, -0.25) is 9.36 Å². The predicted octanol–water partition coefficient (Wildman–Crippen LogP) is 3.82. The van der Waals surface area contributed by atoms with E-state index in [2.05, 4.69) is 15.5 Å². The number of hydrogen-bond donors (Lipinski definition) is 1. The van der Waals surface area contributed by atoms with Gasteiger partial charge in [-0.25, -0.2) is 0 Å². The summed E-state index contributed by atoms with van der Waals surface area (Å²) in [5.41, 5.74) is -0.245. The highest BCUT2D eigenvalue weighted by atomic mass is 32.2. The molecule has 12 heteroatoms. The second kappa shape index (κ2) is 10.5. The van der Waals surface area contributed by atoms with Crippen LogP contribution in [0.5, 0.6) is 0 Å².